The van der Waals surface area contributed by atoms with Gasteiger partial charge in [0.05, 0.1) is 6.61 Å². The second-order valence-corrected chi connectivity index (χ2v) is 9.95. The number of benzene rings is 2. The third kappa shape index (κ3) is 7.05. The minimum absolute atomic E-state index is 0.0146. The van der Waals surface area contributed by atoms with Crippen molar-refractivity contribution in [3.63, 3.8) is 0 Å². The Hall–Kier alpha value is -2.37. The number of carbonyl (C=O) groups is 1. The third-order valence-electron chi connectivity index (χ3n) is 6.88. The van der Waals surface area contributed by atoms with Crippen molar-refractivity contribution < 1.29 is 9.53 Å². The minimum Gasteiger partial charge on any atom is -0.493 e. The zero-order valence-corrected chi connectivity index (χ0v) is 20.3. The lowest BCUT2D eigenvalue weighted by atomic mass is 9.98. The van der Waals surface area contributed by atoms with Crippen LogP contribution in [0.5, 0.6) is 5.75 Å². The molecule has 2 aliphatic rings. The van der Waals surface area contributed by atoms with Crippen molar-refractivity contribution in [2.24, 2.45) is 5.92 Å². The first-order valence-corrected chi connectivity index (χ1v) is 12.6. The highest BCUT2D eigenvalue weighted by molar-refractivity contribution is 5.94. The van der Waals surface area contributed by atoms with Gasteiger partial charge in [-0.2, -0.15) is 0 Å². The molecule has 5 nitrogen and oxygen atoms in total. The van der Waals surface area contributed by atoms with Crippen LogP contribution in [0.2, 0.25) is 0 Å². The highest BCUT2D eigenvalue weighted by Crippen LogP contribution is 2.25. The molecule has 0 radical (unpaired) electrons. The Kier molecular flexibility index (Phi) is 8.40. The van der Waals surface area contributed by atoms with Crippen molar-refractivity contribution >= 4 is 5.91 Å². The number of carbonyl (C=O) groups excluding carboxylic acids is 1. The van der Waals surface area contributed by atoms with E-state index in [0.29, 0.717) is 5.92 Å². The number of amides is 1. The number of nitrogens with one attached hydrogen (secondary N) is 1. The molecule has 0 saturated carbocycles. The van der Waals surface area contributed by atoms with E-state index >= 15 is 0 Å². The third-order valence-corrected chi connectivity index (χ3v) is 6.88. The molecule has 1 atom stereocenters. The number of piperidine rings is 1. The van der Waals surface area contributed by atoms with Crippen LogP contribution >= 0.6 is 0 Å². The molecule has 5 heteroatoms. The maximum Gasteiger partial charge on any atom is 0.251 e. The van der Waals surface area contributed by atoms with Crippen LogP contribution in [0.3, 0.4) is 0 Å². The normalized spacial score (nSPS) is 20.8. The first kappa shape index (κ1) is 23.8. The van der Waals surface area contributed by atoms with E-state index in [0.717, 1.165) is 75.5 Å². The fourth-order valence-corrected chi connectivity index (χ4v) is 5.07. The van der Waals surface area contributed by atoms with Gasteiger partial charge in [-0.3, -0.25) is 4.79 Å². The Morgan fingerprint density at radius 3 is 2.73 bits per heavy atom. The minimum atomic E-state index is 0.0146. The quantitative estimate of drug-likeness (QED) is 0.757. The van der Waals surface area contributed by atoms with Gasteiger partial charge in [-0.25, -0.2) is 0 Å². The molecule has 2 aliphatic heterocycles. The zero-order valence-electron chi connectivity index (χ0n) is 20.3. The molecule has 178 valence electrons. The van der Waals surface area contributed by atoms with E-state index in [9.17, 15) is 4.79 Å². The van der Waals surface area contributed by atoms with E-state index in [2.05, 4.69) is 53.5 Å². The van der Waals surface area contributed by atoms with Crippen molar-refractivity contribution in [2.45, 2.75) is 45.1 Å². The molecule has 2 bridgehead atoms. The lowest BCUT2D eigenvalue weighted by Crippen LogP contribution is -2.39. The summed E-state index contributed by atoms with van der Waals surface area (Å²) in [5.74, 6) is 1.45. The second kappa shape index (κ2) is 11.7. The summed E-state index contributed by atoms with van der Waals surface area (Å²) >= 11 is 0. The molecule has 2 heterocycles. The molecule has 2 aromatic carbocycles. The highest BCUT2D eigenvalue weighted by Gasteiger charge is 2.19. The molecule has 0 aromatic heterocycles. The summed E-state index contributed by atoms with van der Waals surface area (Å²) in [7, 11) is 4.36. The summed E-state index contributed by atoms with van der Waals surface area (Å²) < 4.78 is 6.18. The van der Waals surface area contributed by atoms with Gasteiger partial charge in [0.25, 0.3) is 5.91 Å². The van der Waals surface area contributed by atoms with E-state index in [1.54, 1.807) is 0 Å². The fraction of sp³-hybridized carbons (Fsp3) is 0.536. The van der Waals surface area contributed by atoms with Crippen molar-refractivity contribution in [3.05, 3.63) is 64.7 Å². The number of ether oxygens (including phenoxy) is 1. The van der Waals surface area contributed by atoms with Gasteiger partial charge in [0.2, 0.25) is 0 Å². The predicted octanol–water partition coefficient (Wildman–Crippen LogP) is 4.34. The maximum absolute atomic E-state index is 13.0. The van der Waals surface area contributed by atoms with Gasteiger partial charge in [0.1, 0.15) is 5.75 Å². The second-order valence-electron chi connectivity index (χ2n) is 9.95. The van der Waals surface area contributed by atoms with E-state index < -0.39 is 0 Å². The number of fused-ring (bicyclic) bond motifs is 3. The molecular formula is C28H39N3O2. The predicted molar refractivity (Wildman–Crippen MR) is 134 cm³/mol. The van der Waals surface area contributed by atoms with Crippen LogP contribution < -0.4 is 10.1 Å². The van der Waals surface area contributed by atoms with Gasteiger partial charge in [0, 0.05) is 31.6 Å². The lowest BCUT2D eigenvalue weighted by Gasteiger charge is -2.29. The van der Waals surface area contributed by atoms with Gasteiger partial charge in [-0.1, -0.05) is 24.3 Å². The van der Waals surface area contributed by atoms with Gasteiger partial charge in [-0.05, 0) is 100 Å². The largest absolute Gasteiger partial charge is 0.493 e. The molecule has 0 spiro atoms. The Balaban J connectivity index is 1.50. The van der Waals surface area contributed by atoms with Crippen LogP contribution in [-0.4, -0.2) is 62.6 Å². The van der Waals surface area contributed by atoms with Crippen molar-refractivity contribution in [2.75, 3.05) is 46.9 Å². The summed E-state index contributed by atoms with van der Waals surface area (Å²) in [6, 6.07) is 14.7. The summed E-state index contributed by atoms with van der Waals surface area (Å²) in [5, 5.41) is 3.18. The Labute approximate surface area is 199 Å². The highest BCUT2D eigenvalue weighted by atomic mass is 16.5. The monoisotopic (exact) mass is 449 g/mol. The standard InChI is InChI=1S/C28H39N3O2/c1-30-13-4-3-5-15-33-27-12-11-25(28(32)29-19-24-10-7-14-31(2)21-24)18-26(27)17-22-8-6-9-23(16-22)20-30/h6,8-9,11-12,16,18,24H,3-5,7,10,13-15,17,19-21H2,1-2H3,(H,29,32). The number of hydrogen-bond donors (Lipinski definition) is 1. The molecule has 33 heavy (non-hydrogen) atoms. The van der Waals surface area contributed by atoms with Crippen LogP contribution in [0, 0.1) is 5.92 Å². The number of rotatable bonds is 3. The molecular weight excluding hydrogens is 410 g/mol. The van der Waals surface area contributed by atoms with Gasteiger partial charge in [-0.15, -0.1) is 0 Å². The van der Waals surface area contributed by atoms with E-state index in [-0.39, 0.29) is 5.91 Å². The van der Waals surface area contributed by atoms with E-state index in [1.807, 2.05) is 18.2 Å². The SMILES string of the molecule is CN1CCCCCOc2ccc(C(=O)NCC3CCCN(C)C3)cc2Cc2cccc(c2)C1. The molecule has 1 N–H and O–H groups in total. The number of hydrogen-bond acceptors (Lipinski definition) is 4. The van der Waals surface area contributed by atoms with Crippen LogP contribution in [0.1, 0.15) is 59.2 Å². The van der Waals surface area contributed by atoms with E-state index in [4.69, 9.17) is 4.74 Å². The smallest absolute Gasteiger partial charge is 0.251 e. The molecule has 1 fully saturated rings. The van der Waals surface area contributed by atoms with Crippen molar-refractivity contribution in [1.29, 1.82) is 0 Å². The van der Waals surface area contributed by atoms with Crippen LogP contribution in [-0.2, 0) is 13.0 Å². The number of nitrogens with zero attached hydrogens (tertiary/aromatic N) is 2. The zero-order chi connectivity index (χ0) is 23.0. The number of likely N-dealkylation sites (tertiary alicyclic amines) is 1. The topological polar surface area (TPSA) is 44.8 Å². The molecule has 2 aromatic rings. The van der Waals surface area contributed by atoms with Gasteiger partial charge < -0.3 is 19.9 Å². The molecule has 1 amide bonds. The summed E-state index contributed by atoms with van der Waals surface area (Å²) in [5.41, 5.74) is 4.40. The molecule has 1 unspecified atom stereocenters. The first-order chi connectivity index (χ1) is 16.1. The Bertz CT molecular complexity index is 929. The molecule has 4 rings (SSSR count). The van der Waals surface area contributed by atoms with Crippen LogP contribution in [0.4, 0.5) is 0 Å². The fourth-order valence-electron chi connectivity index (χ4n) is 5.07. The lowest BCUT2D eigenvalue weighted by molar-refractivity contribution is 0.0936. The van der Waals surface area contributed by atoms with Crippen LogP contribution in [0.15, 0.2) is 42.5 Å². The molecule has 0 aliphatic carbocycles. The average molecular weight is 450 g/mol. The van der Waals surface area contributed by atoms with Crippen molar-refractivity contribution in [3.8, 4) is 5.75 Å². The van der Waals surface area contributed by atoms with Gasteiger partial charge in [0.15, 0.2) is 0 Å². The summed E-state index contributed by atoms with van der Waals surface area (Å²) in [4.78, 5) is 17.7. The Morgan fingerprint density at radius 2 is 1.85 bits per heavy atom. The Morgan fingerprint density at radius 1 is 1.00 bits per heavy atom. The summed E-state index contributed by atoms with van der Waals surface area (Å²) in [6.45, 7) is 5.76. The van der Waals surface area contributed by atoms with Crippen LogP contribution in [0.25, 0.3) is 0 Å². The molecule has 1 saturated heterocycles. The first-order valence-electron chi connectivity index (χ1n) is 12.6. The van der Waals surface area contributed by atoms with Crippen molar-refractivity contribution in [1.82, 2.24) is 15.1 Å². The maximum atomic E-state index is 13.0. The van der Waals surface area contributed by atoms with Gasteiger partial charge >= 0.3 is 0 Å². The van der Waals surface area contributed by atoms with E-state index in [1.165, 1.54) is 30.4 Å². The average Bonchev–Trinajstić information content (AvgIpc) is 2.80. The summed E-state index contributed by atoms with van der Waals surface area (Å²) in [6.07, 6.45) is 6.56.